The minimum Gasteiger partial charge on any atom is -0.490 e. The molecule has 6 nitrogen and oxygen atoms in total. The molecule has 1 atom stereocenters. The second-order valence-electron chi connectivity index (χ2n) is 9.95. The van der Waals surface area contributed by atoms with Gasteiger partial charge in [0, 0.05) is 26.1 Å². The number of carbonyl (C=O) groups excluding carboxylic acids is 2. The van der Waals surface area contributed by atoms with Crippen molar-refractivity contribution in [3.63, 3.8) is 0 Å². The first-order chi connectivity index (χ1) is 14.7. The van der Waals surface area contributed by atoms with Crippen LogP contribution in [0.25, 0.3) is 0 Å². The maximum Gasteiger partial charge on any atom is 0.225 e. The van der Waals surface area contributed by atoms with Crippen LogP contribution in [-0.4, -0.2) is 66.6 Å². The lowest BCUT2D eigenvalue weighted by Gasteiger charge is -2.43. The van der Waals surface area contributed by atoms with Gasteiger partial charge >= 0.3 is 0 Å². The number of amides is 2. The van der Waals surface area contributed by atoms with Gasteiger partial charge in [0.15, 0.2) is 0 Å². The second-order valence-corrected chi connectivity index (χ2v) is 9.95. The number of hydrogen-bond donors (Lipinski definition) is 0. The lowest BCUT2D eigenvalue weighted by atomic mass is 9.90. The van der Waals surface area contributed by atoms with Gasteiger partial charge in [0.05, 0.1) is 19.6 Å². The third kappa shape index (κ3) is 6.92. The topological polar surface area (TPSA) is 59.1 Å². The third-order valence-electron chi connectivity index (χ3n) is 5.78. The summed E-state index contributed by atoms with van der Waals surface area (Å²) in [5, 5.41) is 0. The molecular weight excluding hydrogens is 399 g/mol. The van der Waals surface area contributed by atoms with Gasteiger partial charge in [0.25, 0.3) is 0 Å². The summed E-state index contributed by atoms with van der Waals surface area (Å²) in [7, 11) is 0. The molecule has 1 unspecified atom stereocenters. The average Bonchev–Trinajstić information content (AvgIpc) is 2.73. The van der Waals surface area contributed by atoms with E-state index in [4.69, 9.17) is 9.47 Å². The van der Waals surface area contributed by atoms with Crippen LogP contribution in [0.2, 0.25) is 0 Å². The van der Waals surface area contributed by atoms with Crippen molar-refractivity contribution in [3.8, 4) is 5.75 Å². The maximum atomic E-state index is 13.2. The van der Waals surface area contributed by atoms with Crippen molar-refractivity contribution >= 4 is 11.8 Å². The first-order valence-electron chi connectivity index (χ1n) is 11.2. The molecular formula is C24H35FN2O4. The molecule has 0 aliphatic carbocycles. The van der Waals surface area contributed by atoms with E-state index in [1.807, 2.05) is 25.7 Å². The highest BCUT2D eigenvalue weighted by Crippen LogP contribution is 2.28. The van der Waals surface area contributed by atoms with Gasteiger partial charge in [-0.3, -0.25) is 9.59 Å². The molecule has 2 fully saturated rings. The first-order valence-corrected chi connectivity index (χ1v) is 11.2. The molecule has 0 N–H and O–H groups in total. The van der Waals surface area contributed by atoms with Crippen LogP contribution >= 0.6 is 0 Å². The summed E-state index contributed by atoms with van der Waals surface area (Å²) in [5.74, 6) is 0.267. The SMILES string of the molecule is CC(C)(C)CC(=O)N1CCOC(COc2ccc(F)cc2)(CC(=O)N2CCCCC2)C1. The van der Waals surface area contributed by atoms with Gasteiger partial charge in [-0.2, -0.15) is 0 Å². The molecule has 0 radical (unpaired) electrons. The van der Waals surface area contributed by atoms with Gasteiger partial charge in [-0.05, 0) is 48.9 Å². The van der Waals surface area contributed by atoms with E-state index in [0.717, 1.165) is 32.4 Å². The zero-order chi connectivity index (χ0) is 22.5. The van der Waals surface area contributed by atoms with Gasteiger partial charge in [-0.1, -0.05) is 20.8 Å². The highest BCUT2D eigenvalue weighted by Gasteiger charge is 2.42. The first kappa shape index (κ1) is 23.5. The van der Waals surface area contributed by atoms with Gasteiger partial charge in [0.2, 0.25) is 11.8 Å². The number of likely N-dealkylation sites (tertiary alicyclic amines) is 1. The summed E-state index contributed by atoms with van der Waals surface area (Å²) in [6.45, 7) is 8.93. The average molecular weight is 435 g/mol. The Balaban J connectivity index is 1.74. The summed E-state index contributed by atoms with van der Waals surface area (Å²) < 4.78 is 25.3. The summed E-state index contributed by atoms with van der Waals surface area (Å²) in [6, 6.07) is 5.78. The van der Waals surface area contributed by atoms with E-state index < -0.39 is 5.60 Å². The van der Waals surface area contributed by atoms with Gasteiger partial charge in [-0.25, -0.2) is 4.39 Å². The fourth-order valence-corrected chi connectivity index (χ4v) is 4.14. The lowest BCUT2D eigenvalue weighted by Crippen LogP contribution is -2.58. The highest BCUT2D eigenvalue weighted by atomic mass is 19.1. The van der Waals surface area contributed by atoms with Gasteiger partial charge < -0.3 is 19.3 Å². The number of carbonyl (C=O) groups is 2. The molecule has 0 aromatic heterocycles. The minimum atomic E-state index is -0.922. The lowest BCUT2D eigenvalue weighted by molar-refractivity contribution is -0.167. The largest absolute Gasteiger partial charge is 0.490 e. The number of ether oxygens (including phenoxy) is 2. The molecule has 2 aliphatic rings. The molecule has 1 aromatic rings. The molecule has 3 rings (SSSR count). The third-order valence-corrected chi connectivity index (χ3v) is 5.78. The zero-order valence-electron chi connectivity index (χ0n) is 19.0. The van der Waals surface area contributed by atoms with Crippen molar-refractivity contribution in [2.75, 3.05) is 39.4 Å². The van der Waals surface area contributed by atoms with E-state index in [-0.39, 0.29) is 36.1 Å². The summed E-state index contributed by atoms with van der Waals surface area (Å²) in [6.07, 6.45) is 3.77. The number of benzene rings is 1. The normalized spacial score (nSPS) is 22.3. The predicted octanol–water partition coefficient (Wildman–Crippen LogP) is 3.64. The number of hydrogen-bond acceptors (Lipinski definition) is 4. The molecule has 2 saturated heterocycles. The van der Waals surface area contributed by atoms with Crippen molar-refractivity contribution in [1.29, 1.82) is 0 Å². The predicted molar refractivity (Wildman–Crippen MR) is 116 cm³/mol. The van der Waals surface area contributed by atoms with Crippen molar-refractivity contribution < 1.29 is 23.5 Å². The van der Waals surface area contributed by atoms with Crippen LogP contribution in [0.1, 0.15) is 52.9 Å². The molecule has 2 heterocycles. The molecule has 1 aromatic carbocycles. The van der Waals surface area contributed by atoms with Crippen LogP contribution in [0.15, 0.2) is 24.3 Å². The van der Waals surface area contributed by atoms with Crippen LogP contribution in [0, 0.1) is 11.2 Å². The second kappa shape index (κ2) is 9.98. The molecule has 7 heteroatoms. The van der Waals surface area contributed by atoms with Crippen LogP contribution in [0.4, 0.5) is 4.39 Å². The maximum absolute atomic E-state index is 13.2. The van der Waals surface area contributed by atoms with Crippen molar-refractivity contribution in [1.82, 2.24) is 9.80 Å². The van der Waals surface area contributed by atoms with E-state index in [9.17, 15) is 14.0 Å². The Labute approximate surface area is 184 Å². The van der Waals surface area contributed by atoms with Crippen LogP contribution in [0.3, 0.4) is 0 Å². The molecule has 172 valence electrons. The molecule has 2 amide bonds. The Hall–Kier alpha value is -2.15. The number of nitrogens with zero attached hydrogens (tertiary/aromatic N) is 2. The number of piperidine rings is 1. The van der Waals surface area contributed by atoms with Gasteiger partial charge in [-0.15, -0.1) is 0 Å². The Morgan fingerprint density at radius 1 is 1.03 bits per heavy atom. The van der Waals surface area contributed by atoms with E-state index in [1.165, 1.54) is 12.1 Å². The molecule has 0 bridgehead atoms. The van der Waals surface area contributed by atoms with Crippen LogP contribution in [0.5, 0.6) is 5.75 Å². The Morgan fingerprint density at radius 2 is 1.71 bits per heavy atom. The molecule has 0 spiro atoms. The Bertz CT molecular complexity index is 756. The number of rotatable bonds is 6. The van der Waals surface area contributed by atoms with E-state index in [1.54, 1.807) is 17.0 Å². The van der Waals surface area contributed by atoms with Crippen LogP contribution in [-0.2, 0) is 14.3 Å². The summed E-state index contributed by atoms with van der Waals surface area (Å²) in [4.78, 5) is 29.7. The number of halogens is 1. The fourth-order valence-electron chi connectivity index (χ4n) is 4.14. The monoisotopic (exact) mass is 434 g/mol. The van der Waals surface area contributed by atoms with E-state index in [0.29, 0.717) is 31.9 Å². The van der Waals surface area contributed by atoms with Crippen molar-refractivity contribution in [3.05, 3.63) is 30.1 Å². The Morgan fingerprint density at radius 3 is 2.35 bits per heavy atom. The zero-order valence-corrected chi connectivity index (χ0v) is 19.0. The van der Waals surface area contributed by atoms with Crippen LogP contribution < -0.4 is 4.74 Å². The summed E-state index contributed by atoms with van der Waals surface area (Å²) in [5.41, 5.74) is -1.04. The number of morpholine rings is 1. The van der Waals surface area contributed by atoms with Crippen molar-refractivity contribution in [2.24, 2.45) is 5.41 Å². The fraction of sp³-hybridized carbons (Fsp3) is 0.667. The quantitative estimate of drug-likeness (QED) is 0.686. The minimum absolute atomic E-state index is 0.0347. The Kier molecular flexibility index (Phi) is 7.57. The molecule has 31 heavy (non-hydrogen) atoms. The van der Waals surface area contributed by atoms with Crippen molar-refractivity contribution in [2.45, 2.75) is 58.5 Å². The smallest absolute Gasteiger partial charge is 0.225 e. The standard InChI is InChI=1S/C24H35FN2O4/c1-23(2,3)15-21(28)27-13-14-31-24(17-27,16-22(29)26-11-5-4-6-12-26)18-30-20-9-7-19(25)8-10-20/h7-10H,4-6,11-18H2,1-3H3. The highest BCUT2D eigenvalue weighted by molar-refractivity contribution is 5.79. The molecule has 2 aliphatic heterocycles. The van der Waals surface area contributed by atoms with Gasteiger partial charge in [0.1, 0.15) is 23.8 Å². The van der Waals surface area contributed by atoms with E-state index in [2.05, 4.69) is 0 Å². The molecule has 0 saturated carbocycles. The van der Waals surface area contributed by atoms with E-state index >= 15 is 0 Å². The summed E-state index contributed by atoms with van der Waals surface area (Å²) >= 11 is 0.